The van der Waals surface area contributed by atoms with Crippen LogP contribution in [0, 0.1) is 5.92 Å². The molecule has 2 fully saturated rings. The molecule has 4 rings (SSSR count). The minimum atomic E-state index is 0.279. The van der Waals surface area contributed by atoms with E-state index in [1.807, 2.05) is 12.1 Å². The molecule has 2 aliphatic heterocycles. The number of nitrogens with zero attached hydrogens (tertiary/aromatic N) is 1. The minimum absolute atomic E-state index is 0.279. The molecular weight excluding hydrogens is 280 g/mol. The Morgan fingerprint density at radius 3 is 3.00 bits per heavy atom. The van der Waals surface area contributed by atoms with Gasteiger partial charge < -0.3 is 24.4 Å². The number of fused-ring (bicyclic) bond motifs is 1. The number of benzene rings is 1. The summed E-state index contributed by atoms with van der Waals surface area (Å²) in [6.07, 6.45) is 4.15. The van der Waals surface area contributed by atoms with Crippen LogP contribution in [0.4, 0.5) is 0 Å². The first-order valence-electron chi connectivity index (χ1n) is 8.25. The van der Waals surface area contributed by atoms with Crippen molar-refractivity contribution in [1.82, 2.24) is 10.2 Å². The molecule has 1 atom stereocenters. The second-order valence-corrected chi connectivity index (χ2v) is 6.54. The molecule has 120 valence electrons. The van der Waals surface area contributed by atoms with Gasteiger partial charge in [-0.3, -0.25) is 0 Å². The van der Waals surface area contributed by atoms with Crippen LogP contribution in [-0.4, -0.2) is 44.5 Å². The van der Waals surface area contributed by atoms with Crippen molar-refractivity contribution in [2.75, 3.05) is 33.5 Å². The molecule has 1 saturated carbocycles. The second kappa shape index (κ2) is 5.97. The molecule has 0 unspecified atom stereocenters. The Hall–Kier alpha value is -1.46. The van der Waals surface area contributed by atoms with E-state index in [1.54, 1.807) is 7.11 Å². The highest BCUT2D eigenvalue weighted by Gasteiger charge is 2.34. The van der Waals surface area contributed by atoms with Gasteiger partial charge in [-0.2, -0.15) is 0 Å². The largest absolute Gasteiger partial charge is 0.493 e. The topological polar surface area (TPSA) is 43.0 Å². The quantitative estimate of drug-likeness (QED) is 0.871. The Labute approximate surface area is 131 Å². The average Bonchev–Trinajstić information content (AvgIpc) is 3.09. The SMILES string of the molecule is COc1cc(CNC[C@@H]2CCN(C3CC3)C2)cc2c1OCO2. The maximum absolute atomic E-state index is 5.47. The zero-order valence-electron chi connectivity index (χ0n) is 13.1. The van der Waals surface area contributed by atoms with Gasteiger partial charge in [-0.1, -0.05) is 0 Å². The highest BCUT2D eigenvalue weighted by molar-refractivity contribution is 5.55. The van der Waals surface area contributed by atoms with Gasteiger partial charge in [-0.25, -0.2) is 0 Å². The van der Waals surface area contributed by atoms with Crippen LogP contribution in [0.3, 0.4) is 0 Å². The van der Waals surface area contributed by atoms with Gasteiger partial charge in [-0.15, -0.1) is 0 Å². The zero-order valence-corrected chi connectivity index (χ0v) is 13.1. The monoisotopic (exact) mass is 304 g/mol. The number of methoxy groups -OCH3 is 1. The maximum Gasteiger partial charge on any atom is 0.231 e. The van der Waals surface area contributed by atoms with Crippen LogP contribution in [0.25, 0.3) is 0 Å². The van der Waals surface area contributed by atoms with E-state index in [4.69, 9.17) is 14.2 Å². The van der Waals surface area contributed by atoms with E-state index in [2.05, 4.69) is 10.2 Å². The van der Waals surface area contributed by atoms with Crippen LogP contribution in [-0.2, 0) is 6.54 Å². The summed E-state index contributed by atoms with van der Waals surface area (Å²) in [4.78, 5) is 2.66. The molecular formula is C17H24N2O3. The van der Waals surface area contributed by atoms with Crippen LogP contribution in [0.2, 0.25) is 0 Å². The van der Waals surface area contributed by atoms with E-state index in [0.717, 1.165) is 42.3 Å². The van der Waals surface area contributed by atoms with Crippen molar-refractivity contribution in [2.45, 2.75) is 31.8 Å². The molecule has 5 nitrogen and oxygen atoms in total. The molecule has 1 aromatic rings. The third kappa shape index (κ3) is 2.88. The van der Waals surface area contributed by atoms with Crippen LogP contribution in [0.1, 0.15) is 24.8 Å². The number of hydrogen-bond donors (Lipinski definition) is 1. The molecule has 0 amide bonds. The van der Waals surface area contributed by atoms with E-state index in [-0.39, 0.29) is 6.79 Å². The molecule has 1 saturated heterocycles. The van der Waals surface area contributed by atoms with Gasteiger partial charge >= 0.3 is 0 Å². The van der Waals surface area contributed by atoms with Crippen LogP contribution in [0.5, 0.6) is 17.2 Å². The molecule has 1 aromatic carbocycles. The summed E-state index contributed by atoms with van der Waals surface area (Å²) in [7, 11) is 1.67. The molecule has 0 spiro atoms. The number of likely N-dealkylation sites (tertiary alicyclic amines) is 1. The molecule has 5 heteroatoms. The lowest BCUT2D eigenvalue weighted by Crippen LogP contribution is -2.27. The van der Waals surface area contributed by atoms with E-state index < -0.39 is 0 Å². The van der Waals surface area contributed by atoms with Gasteiger partial charge in [0.25, 0.3) is 0 Å². The van der Waals surface area contributed by atoms with Gasteiger partial charge in [0.1, 0.15) is 0 Å². The fourth-order valence-corrected chi connectivity index (χ4v) is 3.51. The van der Waals surface area contributed by atoms with Gasteiger partial charge in [0, 0.05) is 19.1 Å². The Balaban J connectivity index is 1.30. The zero-order chi connectivity index (χ0) is 14.9. The summed E-state index contributed by atoms with van der Waals surface area (Å²) in [6, 6.07) is 4.98. The Kier molecular flexibility index (Phi) is 3.84. The number of hydrogen-bond acceptors (Lipinski definition) is 5. The Morgan fingerprint density at radius 2 is 2.18 bits per heavy atom. The smallest absolute Gasteiger partial charge is 0.231 e. The molecule has 0 radical (unpaired) electrons. The number of ether oxygens (including phenoxy) is 3. The Morgan fingerprint density at radius 1 is 1.27 bits per heavy atom. The fourth-order valence-electron chi connectivity index (χ4n) is 3.51. The van der Waals surface area contributed by atoms with Crippen molar-refractivity contribution in [3.63, 3.8) is 0 Å². The number of rotatable bonds is 6. The summed E-state index contributed by atoms with van der Waals surface area (Å²) in [6.45, 7) is 4.76. The highest BCUT2D eigenvalue weighted by atomic mass is 16.7. The maximum atomic E-state index is 5.47. The molecule has 0 aromatic heterocycles. The van der Waals surface area contributed by atoms with E-state index in [0.29, 0.717) is 0 Å². The number of nitrogens with one attached hydrogen (secondary N) is 1. The third-order valence-electron chi connectivity index (χ3n) is 4.86. The predicted octanol–water partition coefficient (Wildman–Crippen LogP) is 2.00. The summed E-state index contributed by atoms with van der Waals surface area (Å²) in [5, 5.41) is 3.59. The summed E-state index contributed by atoms with van der Waals surface area (Å²) in [5.41, 5.74) is 1.18. The molecule has 1 N–H and O–H groups in total. The van der Waals surface area contributed by atoms with Crippen molar-refractivity contribution in [2.24, 2.45) is 5.92 Å². The minimum Gasteiger partial charge on any atom is -0.493 e. The van der Waals surface area contributed by atoms with E-state index in [1.165, 1.54) is 37.9 Å². The lowest BCUT2D eigenvalue weighted by atomic mass is 10.1. The van der Waals surface area contributed by atoms with Crippen molar-refractivity contribution < 1.29 is 14.2 Å². The second-order valence-electron chi connectivity index (χ2n) is 6.54. The third-order valence-corrected chi connectivity index (χ3v) is 4.86. The molecule has 2 heterocycles. The molecule has 0 bridgehead atoms. The van der Waals surface area contributed by atoms with Crippen LogP contribution in [0.15, 0.2) is 12.1 Å². The highest BCUT2D eigenvalue weighted by Crippen LogP contribution is 2.41. The Bertz CT molecular complexity index is 545. The first-order valence-corrected chi connectivity index (χ1v) is 8.25. The van der Waals surface area contributed by atoms with Crippen LogP contribution >= 0.6 is 0 Å². The van der Waals surface area contributed by atoms with Gasteiger partial charge in [-0.05, 0) is 56.0 Å². The van der Waals surface area contributed by atoms with Crippen molar-refractivity contribution in [3.05, 3.63) is 17.7 Å². The van der Waals surface area contributed by atoms with Gasteiger partial charge in [0.2, 0.25) is 12.5 Å². The van der Waals surface area contributed by atoms with Crippen molar-refractivity contribution in [3.8, 4) is 17.2 Å². The average molecular weight is 304 g/mol. The van der Waals surface area contributed by atoms with Crippen molar-refractivity contribution >= 4 is 0 Å². The lowest BCUT2D eigenvalue weighted by molar-refractivity contribution is 0.171. The molecule has 3 aliphatic rings. The molecule has 1 aliphatic carbocycles. The standard InChI is InChI=1S/C17H24N2O3/c1-20-15-6-13(7-16-17(15)22-11-21-16)9-18-8-12-4-5-19(10-12)14-2-3-14/h6-7,12,14,18H,2-5,8-11H2,1H3/t12-/m0/s1. The summed E-state index contributed by atoms with van der Waals surface area (Å²) in [5.74, 6) is 3.06. The first-order chi connectivity index (χ1) is 10.8. The first kappa shape index (κ1) is 14.2. The molecule has 22 heavy (non-hydrogen) atoms. The normalized spacial score (nSPS) is 24.0. The summed E-state index contributed by atoms with van der Waals surface area (Å²) < 4.78 is 16.3. The predicted molar refractivity (Wildman–Crippen MR) is 83.5 cm³/mol. The van der Waals surface area contributed by atoms with Gasteiger partial charge in [0.15, 0.2) is 11.5 Å². The van der Waals surface area contributed by atoms with E-state index >= 15 is 0 Å². The van der Waals surface area contributed by atoms with Crippen molar-refractivity contribution in [1.29, 1.82) is 0 Å². The lowest BCUT2D eigenvalue weighted by Gasteiger charge is -2.15. The van der Waals surface area contributed by atoms with E-state index in [9.17, 15) is 0 Å². The van der Waals surface area contributed by atoms with Gasteiger partial charge in [0.05, 0.1) is 7.11 Å². The fraction of sp³-hybridized carbons (Fsp3) is 0.647. The van der Waals surface area contributed by atoms with Crippen LogP contribution < -0.4 is 19.5 Å². The summed E-state index contributed by atoms with van der Waals surface area (Å²) >= 11 is 0.